The highest BCUT2D eigenvalue weighted by Gasteiger charge is 2.07. The molecule has 3 aromatic rings. The van der Waals surface area contributed by atoms with Crippen LogP contribution in [0, 0.1) is 5.82 Å². The topological polar surface area (TPSA) is 62.5 Å². The van der Waals surface area contributed by atoms with Crippen LogP contribution in [0.1, 0.15) is 5.69 Å². The Labute approximate surface area is 168 Å². The molecule has 2 N–H and O–H groups in total. The summed E-state index contributed by atoms with van der Waals surface area (Å²) in [5, 5.41) is 6.57. The molecule has 0 aliphatic carbocycles. The smallest absolute Gasteiger partial charge is 0.226 e. The minimum Gasteiger partial charge on any atom is -0.444 e. The van der Waals surface area contributed by atoms with Gasteiger partial charge in [0.05, 0.1) is 5.69 Å². The lowest BCUT2D eigenvalue weighted by Crippen LogP contribution is -2.39. The Balaban J connectivity index is 1.38. The molecular weight excluding hydrogens is 375 g/mol. The predicted octanol–water partition coefficient (Wildman–Crippen LogP) is 3.98. The van der Waals surface area contributed by atoms with Crippen molar-refractivity contribution in [2.24, 2.45) is 4.99 Å². The van der Waals surface area contributed by atoms with Crippen LogP contribution < -0.4 is 10.6 Å². The van der Waals surface area contributed by atoms with Gasteiger partial charge in [-0.15, -0.1) is 11.8 Å². The van der Waals surface area contributed by atoms with E-state index in [0.717, 1.165) is 29.5 Å². The number of guanidine groups is 1. The summed E-state index contributed by atoms with van der Waals surface area (Å²) in [6.45, 7) is 1.50. The van der Waals surface area contributed by atoms with Crippen molar-refractivity contribution in [2.75, 3.05) is 25.9 Å². The minimum absolute atomic E-state index is 0.277. The largest absolute Gasteiger partial charge is 0.444 e. The van der Waals surface area contributed by atoms with Crippen molar-refractivity contribution in [3.8, 4) is 11.5 Å². The zero-order chi connectivity index (χ0) is 19.6. The normalized spacial score (nSPS) is 11.4. The summed E-state index contributed by atoms with van der Waals surface area (Å²) < 4.78 is 18.5. The highest BCUT2D eigenvalue weighted by atomic mass is 32.2. The molecule has 1 heterocycles. The summed E-state index contributed by atoms with van der Waals surface area (Å²) >= 11 is 1.80. The maximum absolute atomic E-state index is 13.0. The van der Waals surface area contributed by atoms with Gasteiger partial charge in [-0.2, -0.15) is 0 Å². The van der Waals surface area contributed by atoms with Gasteiger partial charge >= 0.3 is 0 Å². The number of hydrogen-bond donors (Lipinski definition) is 2. The Morgan fingerprint density at radius 1 is 1.07 bits per heavy atom. The summed E-state index contributed by atoms with van der Waals surface area (Å²) in [5.41, 5.74) is 1.59. The Kier molecular flexibility index (Phi) is 7.49. The molecule has 1 aromatic heterocycles. The van der Waals surface area contributed by atoms with Gasteiger partial charge < -0.3 is 15.1 Å². The molecule has 0 aliphatic rings. The zero-order valence-corrected chi connectivity index (χ0v) is 16.5. The van der Waals surface area contributed by atoms with Gasteiger partial charge in [0.15, 0.2) is 5.96 Å². The molecule has 0 bridgehead atoms. The molecule has 0 atom stereocenters. The number of halogens is 1. The summed E-state index contributed by atoms with van der Waals surface area (Å²) in [7, 11) is 1.75. The van der Waals surface area contributed by atoms with Crippen LogP contribution in [0.4, 0.5) is 4.39 Å². The average molecular weight is 399 g/mol. The third kappa shape index (κ3) is 6.13. The number of thioether (sulfide) groups is 1. The van der Waals surface area contributed by atoms with E-state index in [4.69, 9.17) is 4.42 Å². The lowest BCUT2D eigenvalue weighted by atomic mass is 10.2. The van der Waals surface area contributed by atoms with Gasteiger partial charge in [-0.25, -0.2) is 9.37 Å². The number of aliphatic imine (C=N–C) groups is 1. The van der Waals surface area contributed by atoms with Crippen LogP contribution in [-0.2, 0) is 6.42 Å². The Hall–Kier alpha value is -2.80. The van der Waals surface area contributed by atoms with Gasteiger partial charge in [0.25, 0.3) is 0 Å². The van der Waals surface area contributed by atoms with Crippen LogP contribution >= 0.6 is 11.8 Å². The maximum atomic E-state index is 13.0. The van der Waals surface area contributed by atoms with Gasteiger partial charge in [0.1, 0.15) is 12.1 Å². The first-order valence-electron chi connectivity index (χ1n) is 9.07. The Morgan fingerprint density at radius 3 is 2.57 bits per heavy atom. The van der Waals surface area contributed by atoms with Crippen LogP contribution in [0.5, 0.6) is 0 Å². The lowest BCUT2D eigenvalue weighted by molar-refractivity contribution is 0.571. The highest BCUT2D eigenvalue weighted by molar-refractivity contribution is 7.99. The SMILES string of the molecule is CN=C(NCCSc1ccccc1)NCCc1coc(-c2ccc(F)cc2)n1. The van der Waals surface area contributed by atoms with Gasteiger partial charge in [-0.3, -0.25) is 4.99 Å². The molecule has 146 valence electrons. The fraction of sp³-hybridized carbons (Fsp3) is 0.238. The standard InChI is InChI=1S/C21H23FN4OS/c1-23-21(25-13-14-28-19-5-3-2-4-6-19)24-12-11-18-15-27-20(26-18)16-7-9-17(22)10-8-16/h2-10,15H,11-14H2,1H3,(H2,23,24,25). The van der Waals surface area contributed by atoms with Crippen molar-refractivity contribution in [3.63, 3.8) is 0 Å². The molecule has 2 aromatic carbocycles. The first-order valence-corrected chi connectivity index (χ1v) is 10.1. The van der Waals surface area contributed by atoms with E-state index in [1.807, 2.05) is 18.2 Å². The first-order chi connectivity index (χ1) is 13.7. The molecule has 0 radical (unpaired) electrons. The number of rotatable bonds is 8. The Morgan fingerprint density at radius 2 is 1.82 bits per heavy atom. The minimum atomic E-state index is -0.277. The predicted molar refractivity (Wildman–Crippen MR) is 112 cm³/mol. The van der Waals surface area contributed by atoms with Crippen LogP contribution in [-0.4, -0.2) is 36.8 Å². The van der Waals surface area contributed by atoms with Gasteiger partial charge in [-0.1, -0.05) is 18.2 Å². The summed E-state index contributed by atoms with van der Waals surface area (Å²) in [5.74, 6) is 1.93. The highest BCUT2D eigenvalue weighted by Crippen LogP contribution is 2.19. The van der Waals surface area contributed by atoms with E-state index < -0.39 is 0 Å². The van der Waals surface area contributed by atoms with E-state index in [2.05, 4.69) is 32.7 Å². The number of nitrogens with one attached hydrogen (secondary N) is 2. The fourth-order valence-electron chi connectivity index (χ4n) is 2.53. The van der Waals surface area contributed by atoms with Crippen molar-refractivity contribution in [2.45, 2.75) is 11.3 Å². The molecule has 0 spiro atoms. The van der Waals surface area contributed by atoms with E-state index in [0.29, 0.717) is 18.9 Å². The molecule has 0 saturated heterocycles. The van der Waals surface area contributed by atoms with Crippen molar-refractivity contribution < 1.29 is 8.81 Å². The number of hydrogen-bond acceptors (Lipinski definition) is 4. The molecule has 0 saturated carbocycles. The number of nitrogens with zero attached hydrogens (tertiary/aromatic N) is 2. The quantitative estimate of drug-likeness (QED) is 0.260. The van der Waals surface area contributed by atoms with Gasteiger partial charge in [0.2, 0.25) is 5.89 Å². The molecule has 5 nitrogen and oxygen atoms in total. The Bertz CT molecular complexity index is 881. The molecule has 0 unspecified atom stereocenters. The molecule has 3 rings (SSSR count). The van der Waals surface area contributed by atoms with Crippen molar-refractivity contribution in [3.05, 3.63) is 72.4 Å². The molecule has 28 heavy (non-hydrogen) atoms. The van der Waals surface area contributed by atoms with Crippen molar-refractivity contribution in [1.29, 1.82) is 0 Å². The third-order valence-electron chi connectivity index (χ3n) is 3.95. The van der Waals surface area contributed by atoms with Gasteiger partial charge in [-0.05, 0) is 36.4 Å². The summed E-state index contributed by atoms with van der Waals surface area (Å²) in [6.07, 6.45) is 2.33. The molecule has 0 aliphatic heterocycles. The average Bonchev–Trinajstić information content (AvgIpc) is 3.20. The second kappa shape index (κ2) is 10.5. The van der Waals surface area contributed by atoms with Crippen molar-refractivity contribution >= 4 is 17.7 Å². The van der Waals surface area contributed by atoms with E-state index >= 15 is 0 Å². The number of aromatic nitrogens is 1. The second-order valence-corrected chi connectivity index (χ2v) is 7.16. The molecular formula is C21H23FN4OS. The van der Waals surface area contributed by atoms with Crippen molar-refractivity contribution in [1.82, 2.24) is 15.6 Å². The van der Waals surface area contributed by atoms with Crippen LogP contribution in [0.3, 0.4) is 0 Å². The number of oxazole rings is 1. The van der Waals surface area contributed by atoms with Crippen LogP contribution in [0.25, 0.3) is 11.5 Å². The zero-order valence-electron chi connectivity index (χ0n) is 15.7. The monoisotopic (exact) mass is 398 g/mol. The molecule has 7 heteroatoms. The maximum Gasteiger partial charge on any atom is 0.226 e. The first kappa shape index (κ1) is 19.9. The second-order valence-electron chi connectivity index (χ2n) is 5.99. The van der Waals surface area contributed by atoms with E-state index in [-0.39, 0.29) is 5.82 Å². The third-order valence-corrected chi connectivity index (χ3v) is 4.96. The lowest BCUT2D eigenvalue weighted by Gasteiger charge is -2.11. The van der Waals surface area contributed by atoms with E-state index in [1.54, 1.807) is 37.2 Å². The number of benzene rings is 2. The van der Waals surface area contributed by atoms with Crippen LogP contribution in [0.15, 0.2) is 75.2 Å². The fourth-order valence-corrected chi connectivity index (χ4v) is 3.32. The van der Waals surface area contributed by atoms with E-state index in [9.17, 15) is 4.39 Å². The molecule has 0 amide bonds. The van der Waals surface area contributed by atoms with Gasteiger partial charge in [0, 0.05) is 42.8 Å². The summed E-state index contributed by atoms with van der Waals surface area (Å²) in [6, 6.07) is 16.4. The molecule has 0 fully saturated rings. The van der Waals surface area contributed by atoms with Crippen LogP contribution in [0.2, 0.25) is 0 Å². The van der Waals surface area contributed by atoms with E-state index in [1.165, 1.54) is 17.0 Å². The summed E-state index contributed by atoms with van der Waals surface area (Å²) in [4.78, 5) is 9.94.